The monoisotopic (exact) mass is 229 g/mol. The minimum Gasteiger partial charge on any atom is -0.265 e. The number of sulfonamides is 1. The lowest BCUT2D eigenvalue weighted by Gasteiger charge is -1.97. The Morgan fingerprint density at radius 2 is 2.13 bits per heavy atom. The topological polar surface area (TPSA) is 88.8 Å². The molecule has 0 unspecified atom stereocenters. The molecule has 0 saturated carbocycles. The summed E-state index contributed by atoms with van der Waals surface area (Å²) in [5, 5.41) is 10.4. The zero-order chi connectivity index (χ0) is 11.2. The molecule has 1 aromatic carbocycles. The van der Waals surface area contributed by atoms with Crippen LogP contribution in [0.5, 0.6) is 0 Å². The Morgan fingerprint density at radius 3 is 2.73 bits per heavy atom. The van der Waals surface area contributed by atoms with Gasteiger partial charge in [-0.3, -0.25) is 5.10 Å². The standard InChI is InChI=1S/C8H8FN3O2S/c1-4-2-3-5(9)6-7(4)11-12-8(6)15(10,13)14/h2-3H,1H3,(H,11,12)(H2,10,13,14). The van der Waals surface area contributed by atoms with Crippen molar-refractivity contribution in [2.24, 2.45) is 5.14 Å². The highest BCUT2D eigenvalue weighted by molar-refractivity contribution is 7.89. The van der Waals surface area contributed by atoms with E-state index in [1.54, 1.807) is 6.92 Å². The van der Waals surface area contributed by atoms with Gasteiger partial charge in [-0.2, -0.15) is 5.10 Å². The fraction of sp³-hybridized carbons (Fsp3) is 0.125. The van der Waals surface area contributed by atoms with Crippen LogP contribution in [0.2, 0.25) is 0 Å². The zero-order valence-corrected chi connectivity index (χ0v) is 8.60. The van der Waals surface area contributed by atoms with Crippen molar-refractivity contribution < 1.29 is 12.8 Å². The summed E-state index contributed by atoms with van der Waals surface area (Å²) in [4.78, 5) is 0. The number of aryl methyl sites for hydroxylation is 1. The van der Waals surface area contributed by atoms with Gasteiger partial charge in [0.15, 0.2) is 5.03 Å². The predicted molar refractivity (Wildman–Crippen MR) is 52.2 cm³/mol. The van der Waals surface area contributed by atoms with Gasteiger partial charge in [-0.25, -0.2) is 17.9 Å². The lowest BCUT2D eigenvalue weighted by Crippen LogP contribution is -2.13. The number of hydrogen-bond donors (Lipinski definition) is 2. The van der Waals surface area contributed by atoms with E-state index in [1.165, 1.54) is 12.1 Å². The van der Waals surface area contributed by atoms with E-state index in [2.05, 4.69) is 10.2 Å². The van der Waals surface area contributed by atoms with Crippen LogP contribution in [-0.2, 0) is 10.0 Å². The Bertz CT molecular complexity index is 633. The summed E-state index contributed by atoms with van der Waals surface area (Å²) in [5.41, 5.74) is 0.955. The molecule has 3 N–H and O–H groups in total. The average molecular weight is 229 g/mol. The minimum atomic E-state index is -3.98. The number of halogens is 1. The SMILES string of the molecule is Cc1ccc(F)c2c(S(N)(=O)=O)[nH]nc12. The van der Waals surface area contributed by atoms with Crippen LogP contribution in [0.3, 0.4) is 0 Å². The van der Waals surface area contributed by atoms with Gasteiger partial charge < -0.3 is 0 Å². The van der Waals surface area contributed by atoms with Crippen molar-refractivity contribution in [1.29, 1.82) is 0 Å². The van der Waals surface area contributed by atoms with E-state index in [0.717, 1.165) is 0 Å². The maximum Gasteiger partial charge on any atom is 0.255 e. The van der Waals surface area contributed by atoms with E-state index >= 15 is 0 Å². The second-order valence-corrected chi connectivity index (χ2v) is 4.68. The van der Waals surface area contributed by atoms with Crippen LogP contribution in [-0.4, -0.2) is 18.6 Å². The molecule has 0 aliphatic heterocycles. The van der Waals surface area contributed by atoms with Crippen molar-refractivity contribution in [3.63, 3.8) is 0 Å². The molecule has 0 aliphatic carbocycles. The molecule has 0 fully saturated rings. The molecule has 2 rings (SSSR count). The second kappa shape index (κ2) is 3.01. The molecule has 15 heavy (non-hydrogen) atoms. The molecule has 0 spiro atoms. The molecular weight excluding hydrogens is 221 g/mol. The van der Waals surface area contributed by atoms with Gasteiger partial charge in [0.25, 0.3) is 10.0 Å². The zero-order valence-electron chi connectivity index (χ0n) is 7.78. The summed E-state index contributed by atoms with van der Waals surface area (Å²) in [6.45, 7) is 1.70. The highest BCUT2D eigenvalue weighted by atomic mass is 32.2. The van der Waals surface area contributed by atoms with Crippen LogP contribution in [0.1, 0.15) is 5.56 Å². The molecule has 0 atom stereocenters. The Labute approximate surface area is 85.1 Å². The van der Waals surface area contributed by atoms with Crippen molar-refractivity contribution in [2.45, 2.75) is 11.9 Å². The lowest BCUT2D eigenvalue weighted by atomic mass is 10.1. The number of primary sulfonamides is 1. The Morgan fingerprint density at radius 1 is 1.47 bits per heavy atom. The number of aromatic nitrogens is 2. The number of aromatic amines is 1. The number of rotatable bonds is 1. The first kappa shape index (κ1) is 10.1. The van der Waals surface area contributed by atoms with Gasteiger partial charge in [0.1, 0.15) is 5.82 Å². The van der Waals surface area contributed by atoms with Crippen LogP contribution in [0.25, 0.3) is 10.9 Å². The first-order valence-corrected chi connectivity index (χ1v) is 5.62. The highest BCUT2D eigenvalue weighted by Crippen LogP contribution is 2.24. The smallest absolute Gasteiger partial charge is 0.255 e. The highest BCUT2D eigenvalue weighted by Gasteiger charge is 2.19. The fourth-order valence-corrected chi connectivity index (χ4v) is 2.05. The molecule has 0 aliphatic rings. The number of nitrogens with zero attached hydrogens (tertiary/aromatic N) is 1. The van der Waals surface area contributed by atoms with Crippen molar-refractivity contribution in [1.82, 2.24) is 10.2 Å². The Hall–Kier alpha value is -1.47. The van der Waals surface area contributed by atoms with Crippen LogP contribution in [0.4, 0.5) is 4.39 Å². The summed E-state index contributed by atoms with van der Waals surface area (Å²) in [6, 6.07) is 2.70. The molecule has 0 bridgehead atoms. The summed E-state index contributed by atoms with van der Waals surface area (Å²) in [6.07, 6.45) is 0. The number of nitrogens with one attached hydrogen (secondary N) is 1. The van der Waals surface area contributed by atoms with Crippen molar-refractivity contribution in [3.05, 3.63) is 23.5 Å². The van der Waals surface area contributed by atoms with Gasteiger partial charge >= 0.3 is 0 Å². The van der Waals surface area contributed by atoms with Gasteiger partial charge in [-0.15, -0.1) is 0 Å². The van der Waals surface area contributed by atoms with Crippen LogP contribution in [0.15, 0.2) is 17.2 Å². The molecule has 0 saturated heterocycles. The van der Waals surface area contributed by atoms with Crippen molar-refractivity contribution >= 4 is 20.9 Å². The summed E-state index contributed by atoms with van der Waals surface area (Å²) in [5.74, 6) is -0.659. The average Bonchev–Trinajstić information content (AvgIpc) is 2.55. The van der Waals surface area contributed by atoms with Crippen LogP contribution < -0.4 is 5.14 Å². The number of benzene rings is 1. The second-order valence-electron chi connectivity index (χ2n) is 3.19. The number of hydrogen-bond acceptors (Lipinski definition) is 3. The molecule has 1 aromatic heterocycles. The van der Waals surface area contributed by atoms with Crippen molar-refractivity contribution in [3.8, 4) is 0 Å². The molecule has 0 amide bonds. The summed E-state index contributed by atoms with van der Waals surface area (Å²) in [7, 11) is -3.98. The van der Waals surface area contributed by atoms with E-state index in [0.29, 0.717) is 5.56 Å². The first-order valence-electron chi connectivity index (χ1n) is 4.07. The van der Waals surface area contributed by atoms with E-state index in [9.17, 15) is 12.8 Å². The molecule has 2 aromatic rings. The molecule has 7 heteroatoms. The van der Waals surface area contributed by atoms with Crippen molar-refractivity contribution in [2.75, 3.05) is 0 Å². The Kier molecular flexibility index (Phi) is 2.02. The van der Waals surface area contributed by atoms with Gasteiger partial charge in [-0.05, 0) is 18.6 Å². The maximum absolute atomic E-state index is 13.4. The molecule has 0 radical (unpaired) electrons. The predicted octanol–water partition coefficient (Wildman–Crippen LogP) is 0.658. The number of fused-ring (bicyclic) bond motifs is 1. The third kappa shape index (κ3) is 1.49. The third-order valence-corrected chi connectivity index (χ3v) is 2.97. The van der Waals surface area contributed by atoms with Gasteiger partial charge in [0.2, 0.25) is 0 Å². The lowest BCUT2D eigenvalue weighted by molar-refractivity contribution is 0.592. The van der Waals surface area contributed by atoms with Crippen LogP contribution in [0, 0.1) is 12.7 Å². The first-order chi connectivity index (χ1) is 6.91. The van der Waals surface area contributed by atoms with E-state index in [4.69, 9.17) is 5.14 Å². The molecule has 80 valence electrons. The van der Waals surface area contributed by atoms with E-state index in [1.807, 2.05) is 0 Å². The van der Waals surface area contributed by atoms with Gasteiger partial charge in [-0.1, -0.05) is 6.07 Å². The van der Waals surface area contributed by atoms with E-state index in [-0.39, 0.29) is 10.9 Å². The third-order valence-electron chi connectivity index (χ3n) is 2.11. The summed E-state index contributed by atoms with van der Waals surface area (Å²) >= 11 is 0. The molecule has 1 heterocycles. The summed E-state index contributed by atoms with van der Waals surface area (Å²) < 4.78 is 35.6. The normalized spacial score (nSPS) is 12.2. The van der Waals surface area contributed by atoms with E-state index < -0.39 is 20.9 Å². The number of nitrogens with two attached hydrogens (primary N) is 1. The van der Waals surface area contributed by atoms with Gasteiger partial charge in [0.05, 0.1) is 10.9 Å². The fourth-order valence-electron chi connectivity index (χ4n) is 1.40. The largest absolute Gasteiger partial charge is 0.265 e. The Balaban J connectivity index is 2.98. The molecule has 5 nitrogen and oxygen atoms in total. The maximum atomic E-state index is 13.4. The van der Waals surface area contributed by atoms with Gasteiger partial charge in [0, 0.05) is 0 Å². The van der Waals surface area contributed by atoms with Crippen LogP contribution >= 0.6 is 0 Å². The quantitative estimate of drug-likeness (QED) is 0.752. The molecular formula is C8H8FN3O2S. The minimum absolute atomic E-state index is 0.0856. The number of H-pyrrole nitrogens is 1.